The van der Waals surface area contributed by atoms with Crippen molar-refractivity contribution in [1.29, 1.82) is 0 Å². The van der Waals surface area contributed by atoms with Crippen LogP contribution in [-0.4, -0.2) is 29.0 Å². The van der Waals surface area contributed by atoms with Crippen LogP contribution in [-0.2, 0) is 17.6 Å². The van der Waals surface area contributed by atoms with Crippen LogP contribution in [0.3, 0.4) is 0 Å². The summed E-state index contributed by atoms with van der Waals surface area (Å²) in [5.74, 6) is 1.62. The normalized spacial score (nSPS) is 10.8. The van der Waals surface area contributed by atoms with Crippen molar-refractivity contribution in [3.63, 3.8) is 0 Å². The summed E-state index contributed by atoms with van der Waals surface area (Å²) in [6, 6.07) is 12.2. The van der Waals surface area contributed by atoms with E-state index in [0.29, 0.717) is 17.5 Å². The van der Waals surface area contributed by atoms with Crippen LogP contribution < -0.4 is 10.1 Å². The van der Waals surface area contributed by atoms with Crippen LogP contribution >= 0.6 is 11.8 Å². The number of anilines is 1. The third-order valence-corrected chi connectivity index (χ3v) is 5.41. The van der Waals surface area contributed by atoms with Gasteiger partial charge in [0.1, 0.15) is 5.75 Å². The first-order valence-electron chi connectivity index (χ1n) is 9.90. The third kappa shape index (κ3) is 6.35. The topological polar surface area (TPSA) is 77.2 Å². The second kappa shape index (κ2) is 10.3. The Bertz CT molecular complexity index is 996. The molecule has 1 amide bonds. The highest BCUT2D eigenvalue weighted by Gasteiger charge is 2.11. The summed E-state index contributed by atoms with van der Waals surface area (Å²) in [5.41, 5.74) is 5.42. The molecule has 0 radical (unpaired) electrons. The number of carbonyl (C=O) groups excluding carboxylic acids is 1. The molecule has 6 nitrogen and oxygen atoms in total. The molecular weight excluding hydrogens is 398 g/mol. The number of thioether (sulfide) groups is 1. The zero-order chi connectivity index (χ0) is 21.5. The molecule has 3 rings (SSSR count). The molecule has 0 spiro atoms. The van der Waals surface area contributed by atoms with Gasteiger partial charge in [-0.25, -0.2) is 0 Å². The molecular formula is C23H27N3O3S. The molecule has 0 unspecified atom stereocenters. The summed E-state index contributed by atoms with van der Waals surface area (Å²) in [4.78, 5) is 12.2. The number of nitrogens with one attached hydrogen (secondary N) is 1. The van der Waals surface area contributed by atoms with Gasteiger partial charge in [0.05, 0.1) is 12.9 Å². The third-order valence-electron chi connectivity index (χ3n) is 4.60. The lowest BCUT2D eigenvalue weighted by atomic mass is 10.1. The Morgan fingerprint density at radius 1 is 1.07 bits per heavy atom. The highest BCUT2D eigenvalue weighted by Crippen LogP contribution is 2.21. The van der Waals surface area contributed by atoms with Gasteiger partial charge < -0.3 is 14.5 Å². The van der Waals surface area contributed by atoms with Crippen molar-refractivity contribution in [2.75, 3.05) is 18.2 Å². The second-order valence-corrected chi connectivity index (χ2v) is 8.26. The number of benzene rings is 2. The molecule has 0 atom stereocenters. The van der Waals surface area contributed by atoms with Gasteiger partial charge in [-0.2, -0.15) is 0 Å². The number of ether oxygens (including phenoxy) is 1. The number of nitrogens with zero attached hydrogens (tertiary/aromatic N) is 2. The average Bonchev–Trinajstić information content (AvgIpc) is 3.13. The van der Waals surface area contributed by atoms with Crippen molar-refractivity contribution in [3.8, 4) is 5.75 Å². The zero-order valence-electron chi connectivity index (χ0n) is 17.8. The van der Waals surface area contributed by atoms with Gasteiger partial charge in [-0.05, 0) is 74.1 Å². The molecule has 0 saturated heterocycles. The maximum Gasteiger partial charge on any atom is 0.277 e. The van der Waals surface area contributed by atoms with Crippen molar-refractivity contribution >= 4 is 23.4 Å². The summed E-state index contributed by atoms with van der Waals surface area (Å²) < 4.78 is 11.0. The van der Waals surface area contributed by atoms with Gasteiger partial charge in [0, 0.05) is 12.1 Å². The van der Waals surface area contributed by atoms with E-state index in [9.17, 15) is 4.79 Å². The van der Waals surface area contributed by atoms with E-state index in [1.54, 1.807) is 7.11 Å². The van der Waals surface area contributed by atoms with Crippen LogP contribution in [0.4, 0.5) is 5.69 Å². The molecule has 0 aliphatic carbocycles. The molecule has 1 N–H and O–H groups in total. The molecule has 2 aromatic carbocycles. The lowest BCUT2D eigenvalue weighted by molar-refractivity contribution is -0.113. The zero-order valence-corrected chi connectivity index (χ0v) is 18.6. The number of hydrogen-bond donors (Lipinski definition) is 1. The summed E-state index contributed by atoms with van der Waals surface area (Å²) in [6.45, 7) is 6.06. The summed E-state index contributed by atoms with van der Waals surface area (Å²) in [7, 11) is 1.68. The van der Waals surface area contributed by atoms with E-state index in [-0.39, 0.29) is 11.7 Å². The quantitative estimate of drug-likeness (QED) is 0.491. The van der Waals surface area contributed by atoms with Gasteiger partial charge in [0.25, 0.3) is 5.22 Å². The van der Waals surface area contributed by atoms with E-state index in [1.807, 2.05) is 39.0 Å². The van der Waals surface area contributed by atoms with Crippen LogP contribution in [0, 0.1) is 20.8 Å². The van der Waals surface area contributed by atoms with E-state index in [4.69, 9.17) is 9.15 Å². The predicted octanol–water partition coefficient (Wildman–Crippen LogP) is 4.91. The summed E-state index contributed by atoms with van der Waals surface area (Å²) in [5, 5.41) is 11.4. The number of carbonyl (C=O) groups is 1. The number of methoxy groups -OCH3 is 1. The Labute approximate surface area is 181 Å². The minimum absolute atomic E-state index is 0.0976. The van der Waals surface area contributed by atoms with Crippen molar-refractivity contribution in [2.24, 2.45) is 0 Å². The number of aromatic nitrogens is 2. The van der Waals surface area contributed by atoms with Crippen molar-refractivity contribution in [2.45, 2.75) is 45.3 Å². The minimum Gasteiger partial charge on any atom is -0.496 e. The Morgan fingerprint density at radius 3 is 2.53 bits per heavy atom. The Morgan fingerprint density at radius 2 is 1.83 bits per heavy atom. The summed E-state index contributed by atoms with van der Waals surface area (Å²) in [6.07, 6.45) is 2.53. The van der Waals surface area contributed by atoms with Gasteiger partial charge in [0.2, 0.25) is 11.8 Å². The fourth-order valence-electron chi connectivity index (χ4n) is 3.31. The molecule has 0 aliphatic rings. The van der Waals surface area contributed by atoms with Crippen LogP contribution in [0.1, 0.15) is 34.6 Å². The van der Waals surface area contributed by atoms with E-state index in [0.717, 1.165) is 41.0 Å². The van der Waals surface area contributed by atoms with E-state index >= 15 is 0 Å². The molecule has 0 aliphatic heterocycles. The van der Waals surface area contributed by atoms with Crippen molar-refractivity contribution in [1.82, 2.24) is 10.2 Å². The molecule has 3 aromatic rings. The predicted molar refractivity (Wildman–Crippen MR) is 119 cm³/mol. The second-order valence-electron chi connectivity index (χ2n) is 7.33. The van der Waals surface area contributed by atoms with Crippen LogP contribution in [0.2, 0.25) is 0 Å². The number of hydrogen-bond acceptors (Lipinski definition) is 6. The van der Waals surface area contributed by atoms with Crippen LogP contribution in [0.25, 0.3) is 0 Å². The molecule has 0 saturated carbocycles. The molecule has 0 fully saturated rings. The minimum atomic E-state index is -0.0976. The first-order valence-corrected chi connectivity index (χ1v) is 10.9. The SMILES string of the molecule is COc1ccc(CCCc2nnc(SCC(=O)Nc3cc(C)cc(C)c3)o2)cc1C. The van der Waals surface area contributed by atoms with Crippen LogP contribution in [0.15, 0.2) is 46.0 Å². The fraction of sp³-hybridized carbons (Fsp3) is 0.348. The van der Waals surface area contributed by atoms with Crippen molar-refractivity contribution in [3.05, 3.63) is 64.5 Å². The van der Waals surface area contributed by atoms with Crippen molar-refractivity contribution < 1.29 is 13.9 Å². The van der Waals surface area contributed by atoms with Gasteiger partial charge >= 0.3 is 0 Å². The van der Waals surface area contributed by atoms with Gasteiger partial charge in [-0.3, -0.25) is 4.79 Å². The lowest BCUT2D eigenvalue weighted by Gasteiger charge is -2.07. The molecule has 158 valence electrons. The van der Waals surface area contributed by atoms with Gasteiger partial charge in [0.15, 0.2) is 0 Å². The molecule has 30 heavy (non-hydrogen) atoms. The highest BCUT2D eigenvalue weighted by atomic mass is 32.2. The number of rotatable bonds is 9. The largest absolute Gasteiger partial charge is 0.496 e. The number of aryl methyl sites for hydroxylation is 5. The Balaban J connectivity index is 1.43. The smallest absolute Gasteiger partial charge is 0.277 e. The molecule has 1 heterocycles. The monoisotopic (exact) mass is 425 g/mol. The maximum atomic E-state index is 12.2. The average molecular weight is 426 g/mol. The Hall–Kier alpha value is -2.80. The van der Waals surface area contributed by atoms with E-state index in [1.165, 1.54) is 17.3 Å². The van der Waals surface area contributed by atoms with E-state index in [2.05, 4.69) is 33.7 Å². The number of amides is 1. The first kappa shape index (κ1) is 21.9. The standard InChI is InChI=1S/C23H27N3O3S/c1-15-10-16(2)12-19(11-15)24-21(27)14-30-23-26-25-22(29-23)7-5-6-18-8-9-20(28-4)17(3)13-18/h8-13H,5-7,14H2,1-4H3,(H,24,27). The molecule has 1 aromatic heterocycles. The fourth-order valence-corrected chi connectivity index (χ4v) is 3.89. The summed E-state index contributed by atoms with van der Waals surface area (Å²) >= 11 is 1.25. The molecule has 0 bridgehead atoms. The van der Waals surface area contributed by atoms with Crippen LogP contribution in [0.5, 0.6) is 5.75 Å². The van der Waals surface area contributed by atoms with Gasteiger partial charge in [-0.1, -0.05) is 30.0 Å². The molecule has 7 heteroatoms. The maximum absolute atomic E-state index is 12.2. The lowest BCUT2D eigenvalue weighted by Crippen LogP contribution is -2.14. The first-order chi connectivity index (χ1) is 14.4. The van der Waals surface area contributed by atoms with Gasteiger partial charge in [-0.15, -0.1) is 10.2 Å². The highest BCUT2D eigenvalue weighted by molar-refractivity contribution is 7.99. The Kier molecular flexibility index (Phi) is 7.52. The van der Waals surface area contributed by atoms with E-state index < -0.39 is 0 Å².